The summed E-state index contributed by atoms with van der Waals surface area (Å²) in [7, 11) is 2.69. The van der Waals surface area contributed by atoms with E-state index in [9.17, 15) is 0 Å². The van der Waals surface area contributed by atoms with Crippen molar-refractivity contribution in [2.45, 2.75) is 31.7 Å². The molecular formula is C11H25NO3Si. The lowest BCUT2D eigenvalue weighted by Crippen LogP contribution is -2.45. The molecule has 0 atom stereocenters. The third kappa shape index (κ3) is 4.14. The molecular weight excluding hydrogens is 222 g/mol. The van der Waals surface area contributed by atoms with Crippen LogP contribution in [0, 0.1) is 0 Å². The molecule has 1 rings (SSSR count). The first-order valence-corrected chi connectivity index (χ1v) is 8.07. The van der Waals surface area contributed by atoms with Crippen LogP contribution in [0.1, 0.15) is 25.7 Å². The summed E-state index contributed by atoms with van der Waals surface area (Å²) in [5.41, 5.74) is 0. The van der Waals surface area contributed by atoms with E-state index >= 15 is 0 Å². The maximum Gasteiger partial charge on any atom is 0.501 e. The van der Waals surface area contributed by atoms with Crippen molar-refractivity contribution in [3.63, 3.8) is 0 Å². The number of hydrogen-bond donors (Lipinski definition) is 0. The average molecular weight is 247 g/mol. The molecule has 0 bridgehead atoms. The standard InChI is InChI=1S/C11H25NO3Si/c1-13-16(14-2,15-3)11-10-12-8-6-4-5-7-9-12/h4-11H2,1-3H3. The molecule has 1 heterocycles. The van der Waals surface area contributed by atoms with Gasteiger partial charge in [-0.2, -0.15) is 0 Å². The van der Waals surface area contributed by atoms with Crippen LogP contribution in [0.4, 0.5) is 0 Å². The molecule has 1 saturated heterocycles. The van der Waals surface area contributed by atoms with Gasteiger partial charge in [-0.1, -0.05) is 12.8 Å². The van der Waals surface area contributed by atoms with Crippen LogP contribution in [-0.4, -0.2) is 54.7 Å². The third-order valence-electron chi connectivity index (χ3n) is 3.37. The molecule has 1 aliphatic heterocycles. The van der Waals surface area contributed by atoms with E-state index in [4.69, 9.17) is 13.3 Å². The van der Waals surface area contributed by atoms with Gasteiger partial charge < -0.3 is 18.2 Å². The molecule has 0 aromatic rings. The van der Waals surface area contributed by atoms with E-state index in [1.165, 1.54) is 38.8 Å². The summed E-state index contributed by atoms with van der Waals surface area (Å²) in [4.78, 5) is 2.51. The van der Waals surface area contributed by atoms with Crippen molar-refractivity contribution >= 4 is 8.80 Å². The van der Waals surface area contributed by atoms with E-state index in [2.05, 4.69) is 4.90 Å². The fourth-order valence-corrected chi connectivity index (χ4v) is 3.91. The van der Waals surface area contributed by atoms with Crippen LogP contribution < -0.4 is 0 Å². The van der Waals surface area contributed by atoms with E-state index in [1.807, 2.05) is 0 Å². The summed E-state index contributed by atoms with van der Waals surface area (Å²) >= 11 is 0. The minimum absolute atomic E-state index is 0.885. The summed E-state index contributed by atoms with van der Waals surface area (Å²) in [6.07, 6.45) is 5.39. The first-order valence-electron chi connectivity index (χ1n) is 6.14. The fraction of sp³-hybridized carbons (Fsp3) is 1.00. The second-order valence-corrected chi connectivity index (χ2v) is 7.39. The normalized spacial score (nSPS) is 19.7. The van der Waals surface area contributed by atoms with Crippen molar-refractivity contribution in [1.82, 2.24) is 4.90 Å². The molecule has 1 aliphatic rings. The topological polar surface area (TPSA) is 30.9 Å². The molecule has 0 spiro atoms. The molecule has 0 unspecified atom stereocenters. The van der Waals surface area contributed by atoms with E-state index in [0.717, 1.165) is 12.6 Å². The van der Waals surface area contributed by atoms with Crippen molar-refractivity contribution < 1.29 is 13.3 Å². The highest BCUT2D eigenvalue weighted by atomic mass is 28.4. The first kappa shape index (κ1) is 14.1. The van der Waals surface area contributed by atoms with Gasteiger partial charge in [-0.25, -0.2) is 0 Å². The van der Waals surface area contributed by atoms with Gasteiger partial charge in [0.25, 0.3) is 0 Å². The summed E-state index contributed by atoms with van der Waals surface area (Å²) in [6.45, 7) is 3.45. The lowest BCUT2D eigenvalue weighted by atomic mass is 10.2. The monoisotopic (exact) mass is 247 g/mol. The van der Waals surface area contributed by atoms with Crippen LogP contribution in [0.25, 0.3) is 0 Å². The molecule has 1 fully saturated rings. The molecule has 0 N–H and O–H groups in total. The van der Waals surface area contributed by atoms with Crippen molar-refractivity contribution in [1.29, 1.82) is 0 Å². The lowest BCUT2D eigenvalue weighted by molar-refractivity contribution is 0.118. The van der Waals surface area contributed by atoms with Crippen LogP contribution in [-0.2, 0) is 13.3 Å². The molecule has 0 aromatic carbocycles. The molecule has 96 valence electrons. The minimum Gasteiger partial charge on any atom is -0.377 e. The number of nitrogens with zero attached hydrogens (tertiary/aromatic N) is 1. The van der Waals surface area contributed by atoms with E-state index in [-0.39, 0.29) is 0 Å². The summed E-state index contributed by atoms with van der Waals surface area (Å²) in [6, 6.07) is 0.885. The first-order chi connectivity index (χ1) is 7.76. The second kappa shape index (κ2) is 7.40. The largest absolute Gasteiger partial charge is 0.501 e. The molecule has 0 radical (unpaired) electrons. The van der Waals surface area contributed by atoms with E-state index in [0.29, 0.717) is 0 Å². The highest BCUT2D eigenvalue weighted by Crippen LogP contribution is 2.16. The van der Waals surface area contributed by atoms with Gasteiger partial charge in [-0.05, 0) is 25.9 Å². The minimum atomic E-state index is -2.36. The quantitative estimate of drug-likeness (QED) is 0.669. The maximum absolute atomic E-state index is 5.43. The summed E-state index contributed by atoms with van der Waals surface area (Å²) in [5.74, 6) is 0. The number of rotatable bonds is 6. The Labute approximate surface area is 100 Å². The average Bonchev–Trinajstić information content (AvgIpc) is 2.60. The molecule has 0 aliphatic carbocycles. The molecule has 4 nitrogen and oxygen atoms in total. The Morgan fingerprint density at radius 2 is 1.38 bits per heavy atom. The molecule has 5 heteroatoms. The fourth-order valence-electron chi connectivity index (χ4n) is 2.21. The van der Waals surface area contributed by atoms with Crippen LogP contribution in [0.5, 0.6) is 0 Å². The molecule has 0 saturated carbocycles. The Kier molecular flexibility index (Phi) is 6.53. The van der Waals surface area contributed by atoms with E-state index < -0.39 is 8.80 Å². The maximum atomic E-state index is 5.43. The summed E-state index contributed by atoms with van der Waals surface area (Å²) in [5, 5.41) is 0. The predicted octanol–water partition coefficient (Wildman–Crippen LogP) is 1.74. The van der Waals surface area contributed by atoms with Gasteiger partial charge in [0.15, 0.2) is 0 Å². The van der Waals surface area contributed by atoms with Gasteiger partial charge in [0.2, 0.25) is 0 Å². The predicted molar refractivity (Wildman–Crippen MR) is 66.5 cm³/mol. The second-order valence-electron chi connectivity index (χ2n) is 4.30. The zero-order valence-corrected chi connectivity index (χ0v) is 11.8. The zero-order chi connectivity index (χ0) is 11.9. The van der Waals surface area contributed by atoms with Crippen LogP contribution >= 0.6 is 0 Å². The molecule has 16 heavy (non-hydrogen) atoms. The van der Waals surface area contributed by atoms with Crippen LogP contribution in [0.2, 0.25) is 6.04 Å². The van der Waals surface area contributed by atoms with E-state index in [1.54, 1.807) is 21.3 Å². The Morgan fingerprint density at radius 3 is 1.81 bits per heavy atom. The highest BCUT2D eigenvalue weighted by molar-refractivity contribution is 6.60. The number of hydrogen-bond acceptors (Lipinski definition) is 4. The Balaban J connectivity index is 2.35. The van der Waals surface area contributed by atoms with Crippen molar-refractivity contribution in [3.8, 4) is 0 Å². The molecule has 0 aromatic heterocycles. The highest BCUT2D eigenvalue weighted by Gasteiger charge is 2.37. The third-order valence-corrected chi connectivity index (χ3v) is 6.07. The SMILES string of the molecule is CO[Si](CCN1CCCCCC1)(OC)OC. The Morgan fingerprint density at radius 1 is 0.875 bits per heavy atom. The van der Waals surface area contributed by atoms with Gasteiger partial charge in [-0.3, -0.25) is 0 Å². The van der Waals surface area contributed by atoms with Crippen molar-refractivity contribution in [3.05, 3.63) is 0 Å². The van der Waals surface area contributed by atoms with Gasteiger partial charge >= 0.3 is 8.80 Å². The lowest BCUT2D eigenvalue weighted by Gasteiger charge is -2.27. The van der Waals surface area contributed by atoms with Crippen LogP contribution in [0.3, 0.4) is 0 Å². The van der Waals surface area contributed by atoms with Gasteiger partial charge in [0.05, 0.1) is 0 Å². The smallest absolute Gasteiger partial charge is 0.377 e. The Hall–Kier alpha value is 0.0569. The van der Waals surface area contributed by atoms with Gasteiger partial charge in [0.1, 0.15) is 0 Å². The zero-order valence-electron chi connectivity index (χ0n) is 10.8. The number of likely N-dealkylation sites (tertiary alicyclic amines) is 1. The van der Waals surface area contributed by atoms with Gasteiger partial charge in [-0.15, -0.1) is 0 Å². The van der Waals surface area contributed by atoms with Crippen molar-refractivity contribution in [2.75, 3.05) is 41.0 Å². The Bertz CT molecular complexity index is 172. The molecule has 0 amide bonds. The van der Waals surface area contributed by atoms with Gasteiger partial charge in [0, 0.05) is 33.9 Å². The summed E-state index contributed by atoms with van der Waals surface area (Å²) < 4.78 is 16.3. The van der Waals surface area contributed by atoms with Crippen LogP contribution in [0.15, 0.2) is 0 Å². The van der Waals surface area contributed by atoms with Crippen molar-refractivity contribution in [2.24, 2.45) is 0 Å².